The van der Waals surface area contributed by atoms with Gasteiger partial charge in [-0.1, -0.05) is 43.1 Å². The molecule has 0 unspecified atom stereocenters. The maximum absolute atomic E-state index is 14.8. The number of carbonyl (C=O) groups excluding carboxylic acids is 2. The predicted molar refractivity (Wildman–Crippen MR) is 135 cm³/mol. The molecule has 0 bridgehead atoms. The monoisotopic (exact) mass is 516 g/mol. The summed E-state index contributed by atoms with van der Waals surface area (Å²) < 4.78 is 17.5. The smallest absolute Gasteiger partial charge is 0.331 e. The second kappa shape index (κ2) is 9.63. The van der Waals surface area contributed by atoms with Crippen molar-refractivity contribution in [2.75, 3.05) is 4.90 Å². The molecule has 7 nitrogen and oxygen atoms in total. The molecule has 0 spiro atoms. The quantitative estimate of drug-likeness (QED) is 0.284. The van der Waals surface area contributed by atoms with Gasteiger partial charge in [0.25, 0.3) is 11.6 Å². The summed E-state index contributed by atoms with van der Waals surface area (Å²) in [5.74, 6) is -2.83. The first-order valence-electron chi connectivity index (χ1n) is 11.7. The number of pyridine rings is 1. The molecule has 1 aliphatic rings. The van der Waals surface area contributed by atoms with Crippen molar-refractivity contribution in [3.8, 4) is 11.6 Å². The van der Waals surface area contributed by atoms with Gasteiger partial charge in [-0.2, -0.15) is 9.67 Å². The Morgan fingerprint density at radius 2 is 1.84 bits per heavy atom. The van der Waals surface area contributed by atoms with E-state index in [1.54, 1.807) is 42.7 Å². The van der Waals surface area contributed by atoms with Gasteiger partial charge in [0.05, 0.1) is 17.1 Å². The van der Waals surface area contributed by atoms with Crippen LogP contribution in [-0.4, -0.2) is 21.6 Å². The summed E-state index contributed by atoms with van der Waals surface area (Å²) in [6.45, 7) is 3.76. The van der Waals surface area contributed by atoms with Crippen LogP contribution in [0, 0.1) is 12.7 Å². The molecule has 186 valence electrons. The molecule has 37 heavy (non-hydrogen) atoms. The van der Waals surface area contributed by atoms with Gasteiger partial charge in [-0.15, -0.1) is 0 Å². The van der Waals surface area contributed by atoms with Crippen molar-refractivity contribution in [2.45, 2.75) is 26.7 Å². The third kappa shape index (κ3) is 4.19. The molecule has 1 aliphatic heterocycles. The van der Waals surface area contributed by atoms with Crippen LogP contribution < -0.4 is 14.6 Å². The Hall–Kier alpha value is -4.30. The molecule has 4 aromatic rings. The lowest BCUT2D eigenvalue weighted by Gasteiger charge is -2.16. The normalized spacial score (nSPS) is 13.7. The lowest BCUT2D eigenvalue weighted by atomic mass is 10.0. The molecule has 0 radical (unpaired) electrons. The van der Waals surface area contributed by atoms with E-state index in [0.29, 0.717) is 29.2 Å². The summed E-state index contributed by atoms with van der Waals surface area (Å²) in [4.78, 5) is 28.5. The van der Waals surface area contributed by atoms with Crippen LogP contribution in [0.25, 0.3) is 17.0 Å². The average molecular weight is 517 g/mol. The van der Waals surface area contributed by atoms with Crippen molar-refractivity contribution in [2.24, 2.45) is 0 Å². The molecule has 2 aromatic heterocycles. The van der Waals surface area contributed by atoms with E-state index in [-0.39, 0.29) is 22.5 Å². The molecule has 5 rings (SSSR count). The van der Waals surface area contributed by atoms with Crippen molar-refractivity contribution in [1.82, 2.24) is 9.78 Å². The van der Waals surface area contributed by atoms with E-state index < -0.39 is 23.5 Å². The van der Waals surface area contributed by atoms with Crippen molar-refractivity contribution >= 4 is 40.4 Å². The van der Waals surface area contributed by atoms with E-state index in [9.17, 15) is 19.1 Å². The Morgan fingerprint density at radius 1 is 1.05 bits per heavy atom. The predicted octanol–water partition coefficient (Wildman–Crippen LogP) is 4.23. The molecular weight excluding hydrogens is 495 g/mol. The highest BCUT2D eigenvalue weighted by Crippen LogP contribution is 2.39. The van der Waals surface area contributed by atoms with Gasteiger partial charge in [0.15, 0.2) is 12.4 Å². The van der Waals surface area contributed by atoms with Gasteiger partial charge in [-0.05, 0) is 55.6 Å². The summed E-state index contributed by atoms with van der Waals surface area (Å²) in [6, 6.07) is 15.7. The van der Waals surface area contributed by atoms with Crippen LogP contribution in [0.5, 0.6) is 5.88 Å². The number of rotatable bonds is 6. The first-order chi connectivity index (χ1) is 17.8. The van der Waals surface area contributed by atoms with E-state index in [1.165, 1.54) is 33.5 Å². The molecule has 2 aromatic carbocycles. The van der Waals surface area contributed by atoms with Gasteiger partial charge < -0.3 is 5.11 Å². The number of nitrogens with zero attached hydrogens (tertiary/aromatic N) is 4. The van der Waals surface area contributed by atoms with Crippen LogP contribution in [0.3, 0.4) is 0 Å². The van der Waals surface area contributed by atoms with Gasteiger partial charge in [0, 0.05) is 22.2 Å². The second-order valence-corrected chi connectivity index (χ2v) is 9.11. The van der Waals surface area contributed by atoms with Gasteiger partial charge in [-0.25, -0.2) is 14.0 Å². The summed E-state index contributed by atoms with van der Waals surface area (Å²) in [6.07, 6.45) is 4.31. The number of hydrogen-bond donors (Lipinski definition) is 0. The summed E-state index contributed by atoms with van der Waals surface area (Å²) in [5, 5.41) is 18.8. The number of aryl methyl sites for hydroxylation is 2. The third-order valence-electron chi connectivity index (χ3n) is 6.06. The zero-order valence-electron chi connectivity index (χ0n) is 20.1. The largest absolute Gasteiger partial charge is 0.858 e. The molecule has 0 saturated carbocycles. The number of halogens is 2. The number of benzene rings is 2. The Balaban J connectivity index is 1.80. The molecule has 9 heteroatoms. The van der Waals surface area contributed by atoms with E-state index in [1.807, 2.05) is 19.9 Å². The van der Waals surface area contributed by atoms with Gasteiger partial charge in [-0.3, -0.25) is 9.59 Å². The standard InChI is InChI=1S/C28H22ClFN4O3/c1-3-8-21-23(27(36)34(31-21)19-11-6-10-18(29)15-19)24-25(32-14-7-9-17(2)16-32)28(37)33(26(24)35)22-13-5-4-12-20(22)30/h4-7,9-16H,3,8H2,1-2H3. The number of hydrogen-bond acceptors (Lipinski definition) is 4. The van der Waals surface area contributed by atoms with Crippen molar-refractivity contribution in [1.29, 1.82) is 0 Å². The van der Waals surface area contributed by atoms with Crippen LogP contribution in [0.1, 0.15) is 30.2 Å². The molecule has 0 N–H and O–H groups in total. The molecule has 0 saturated heterocycles. The van der Waals surface area contributed by atoms with Gasteiger partial charge in [0.2, 0.25) is 0 Å². The zero-order chi connectivity index (χ0) is 26.3. The second-order valence-electron chi connectivity index (χ2n) is 8.68. The fourth-order valence-electron chi connectivity index (χ4n) is 4.46. The zero-order valence-corrected chi connectivity index (χ0v) is 20.9. The van der Waals surface area contributed by atoms with E-state index in [2.05, 4.69) is 5.10 Å². The number of imide groups is 1. The highest BCUT2D eigenvalue weighted by Gasteiger charge is 2.48. The molecule has 3 heterocycles. The maximum atomic E-state index is 14.8. The van der Waals surface area contributed by atoms with Crippen molar-refractivity contribution < 1.29 is 23.7 Å². The van der Waals surface area contributed by atoms with Gasteiger partial charge in [0.1, 0.15) is 11.4 Å². The Labute approximate surface area is 217 Å². The minimum Gasteiger partial charge on any atom is -0.858 e. The SMILES string of the molecule is CCCc1nn(-c2cccc(Cl)c2)c([O-])c1C1=C([n+]2cccc(C)c2)C(=O)N(c2ccccc2F)C1=O. The van der Waals surface area contributed by atoms with Crippen LogP contribution in [0.4, 0.5) is 10.1 Å². The Kier molecular flexibility index (Phi) is 6.35. The Morgan fingerprint density at radius 3 is 2.54 bits per heavy atom. The topological polar surface area (TPSA) is 82.1 Å². The fourth-order valence-corrected chi connectivity index (χ4v) is 4.64. The molecule has 0 fully saturated rings. The molecule has 0 atom stereocenters. The Bertz CT molecular complexity index is 1590. The minimum atomic E-state index is -0.792. The maximum Gasteiger partial charge on any atom is 0.331 e. The summed E-state index contributed by atoms with van der Waals surface area (Å²) in [7, 11) is 0. The number of aromatic nitrogens is 3. The van der Waals surface area contributed by atoms with E-state index >= 15 is 0 Å². The lowest BCUT2D eigenvalue weighted by Crippen LogP contribution is -2.40. The highest BCUT2D eigenvalue weighted by molar-refractivity contribution is 6.53. The van der Waals surface area contributed by atoms with Crippen LogP contribution in [0.15, 0.2) is 73.1 Å². The lowest BCUT2D eigenvalue weighted by molar-refractivity contribution is -0.577. The molecule has 2 amide bonds. The average Bonchev–Trinajstić information content (AvgIpc) is 3.32. The number of amides is 2. The fraction of sp³-hybridized carbons (Fsp3) is 0.143. The van der Waals surface area contributed by atoms with Crippen molar-refractivity contribution in [3.05, 3.63) is 101 Å². The van der Waals surface area contributed by atoms with Crippen LogP contribution in [0.2, 0.25) is 5.02 Å². The first kappa shape index (κ1) is 24.4. The number of anilines is 1. The first-order valence-corrected chi connectivity index (χ1v) is 12.1. The number of para-hydroxylation sites is 1. The highest BCUT2D eigenvalue weighted by atomic mass is 35.5. The van der Waals surface area contributed by atoms with Crippen LogP contribution in [-0.2, 0) is 16.0 Å². The van der Waals surface area contributed by atoms with Gasteiger partial charge >= 0.3 is 5.91 Å². The van der Waals surface area contributed by atoms with E-state index in [4.69, 9.17) is 11.6 Å². The minimum absolute atomic E-state index is 0.0167. The van der Waals surface area contributed by atoms with Crippen LogP contribution >= 0.6 is 11.6 Å². The molecule has 0 aliphatic carbocycles. The summed E-state index contributed by atoms with van der Waals surface area (Å²) in [5.41, 5.74) is 1.28. The number of carbonyl (C=O) groups is 2. The van der Waals surface area contributed by atoms with Crippen molar-refractivity contribution in [3.63, 3.8) is 0 Å². The van der Waals surface area contributed by atoms with E-state index in [0.717, 1.165) is 10.5 Å². The summed E-state index contributed by atoms with van der Waals surface area (Å²) >= 11 is 6.15. The third-order valence-corrected chi connectivity index (χ3v) is 6.30. The molecular formula is C28H22ClFN4O3.